The molecule has 1 aromatic rings. The van der Waals surface area contributed by atoms with Crippen molar-refractivity contribution >= 4 is 0 Å². The number of nitrogens with zero attached hydrogens (tertiary/aromatic N) is 1. The van der Waals surface area contributed by atoms with Crippen LogP contribution < -0.4 is 0 Å². The molecule has 1 rings (SSSR count). The van der Waals surface area contributed by atoms with Gasteiger partial charge >= 0.3 is 0 Å². The van der Waals surface area contributed by atoms with Gasteiger partial charge in [0.15, 0.2) is 0 Å². The van der Waals surface area contributed by atoms with Gasteiger partial charge in [-0.15, -0.1) is 0 Å². The van der Waals surface area contributed by atoms with Crippen LogP contribution in [0, 0.1) is 0 Å². The average molecular weight is 253 g/mol. The summed E-state index contributed by atoms with van der Waals surface area (Å²) in [7, 11) is 3.40. The number of hydrogen-bond acceptors (Lipinski definition) is 4. The molecule has 0 aliphatic carbocycles. The van der Waals surface area contributed by atoms with Gasteiger partial charge in [-0.1, -0.05) is 12.1 Å². The number of rotatable bonds is 8. The Hall–Kier alpha value is -1.10. The fraction of sp³-hybridized carbons (Fsp3) is 0.571. The van der Waals surface area contributed by atoms with Crippen molar-refractivity contribution < 1.29 is 14.6 Å². The summed E-state index contributed by atoms with van der Waals surface area (Å²) in [5.74, 6) is 0.304. The number of hydrogen-bond donors (Lipinski definition) is 1. The summed E-state index contributed by atoms with van der Waals surface area (Å²) in [5, 5.41) is 9.53. The van der Waals surface area contributed by atoms with Gasteiger partial charge in [-0.2, -0.15) is 0 Å². The van der Waals surface area contributed by atoms with Crippen molar-refractivity contribution in [3.63, 3.8) is 0 Å². The molecule has 1 N–H and O–H groups in total. The van der Waals surface area contributed by atoms with Gasteiger partial charge in [-0.25, -0.2) is 0 Å². The summed E-state index contributed by atoms with van der Waals surface area (Å²) in [6.07, 6.45) is 0. The second-order valence-corrected chi connectivity index (χ2v) is 4.29. The molecule has 0 aliphatic heterocycles. The maximum absolute atomic E-state index is 9.53. The summed E-state index contributed by atoms with van der Waals surface area (Å²) in [4.78, 5) is 2.28. The Morgan fingerprint density at radius 1 is 1.17 bits per heavy atom. The number of benzene rings is 1. The maximum Gasteiger partial charge on any atom is 0.115 e. The molecule has 4 heteroatoms. The van der Waals surface area contributed by atoms with Crippen LogP contribution in [-0.2, 0) is 9.47 Å². The maximum atomic E-state index is 9.53. The standard InChI is InChI=1S/C14H23NO3/c1-12(13-5-4-6-14(16)11-13)15(7-9-17-2)8-10-18-3/h4-6,11-12,16H,7-10H2,1-3H3. The molecule has 0 bridgehead atoms. The topological polar surface area (TPSA) is 41.9 Å². The number of methoxy groups -OCH3 is 2. The molecule has 102 valence electrons. The first-order chi connectivity index (χ1) is 8.69. The molecule has 1 atom stereocenters. The highest BCUT2D eigenvalue weighted by Gasteiger charge is 2.15. The molecule has 1 unspecified atom stereocenters. The van der Waals surface area contributed by atoms with Gasteiger partial charge in [0.1, 0.15) is 5.75 Å². The Labute approximate surface area is 109 Å². The SMILES string of the molecule is COCCN(CCOC)C(C)c1cccc(O)c1. The largest absolute Gasteiger partial charge is 0.508 e. The first-order valence-corrected chi connectivity index (χ1v) is 6.20. The van der Waals surface area contributed by atoms with Gasteiger partial charge in [-0.05, 0) is 24.6 Å². The third-order valence-corrected chi connectivity index (χ3v) is 3.07. The van der Waals surface area contributed by atoms with Crippen LogP contribution in [0.25, 0.3) is 0 Å². The van der Waals surface area contributed by atoms with Gasteiger partial charge in [0, 0.05) is 33.4 Å². The Morgan fingerprint density at radius 2 is 1.78 bits per heavy atom. The summed E-state index contributed by atoms with van der Waals surface area (Å²) in [6.45, 7) is 5.19. The lowest BCUT2D eigenvalue weighted by Crippen LogP contribution is -2.33. The highest BCUT2D eigenvalue weighted by molar-refractivity contribution is 5.29. The number of aromatic hydroxyl groups is 1. The molecule has 0 heterocycles. The van der Waals surface area contributed by atoms with E-state index in [-0.39, 0.29) is 6.04 Å². The van der Waals surface area contributed by atoms with E-state index in [1.165, 1.54) is 0 Å². The van der Waals surface area contributed by atoms with Crippen LogP contribution >= 0.6 is 0 Å². The van der Waals surface area contributed by atoms with Gasteiger partial charge in [0.2, 0.25) is 0 Å². The van der Waals surface area contributed by atoms with E-state index in [4.69, 9.17) is 9.47 Å². The van der Waals surface area contributed by atoms with E-state index >= 15 is 0 Å². The lowest BCUT2D eigenvalue weighted by atomic mass is 10.1. The lowest BCUT2D eigenvalue weighted by molar-refractivity contribution is 0.0919. The molecule has 0 radical (unpaired) electrons. The van der Waals surface area contributed by atoms with E-state index in [1.54, 1.807) is 26.4 Å². The van der Waals surface area contributed by atoms with E-state index in [1.807, 2.05) is 12.1 Å². The fourth-order valence-electron chi connectivity index (χ4n) is 1.91. The molecule has 0 saturated carbocycles. The van der Waals surface area contributed by atoms with Crippen molar-refractivity contribution in [1.82, 2.24) is 4.90 Å². The van der Waals surface area contributed by atoms with Gasteiger partial charge in [0.25, 0.3) is 0 Å². The van der Waals surface area contributed by atoms with Crippen LogP contribution in [0.1, 0.15) is 18.5 Å². The molecule has 4 nitrogen and oxygen atoms in total. The molecule has 1 aromatic carbocycles. The lowest BCUT2D eigenvalue weighted by Gasteiger charge is -2.29. The van der Waals surface area contributed by atoms with Crippen LogP contribution in [-0.4, -0.2) is 50.5 Å². The molecule has 0 aromatic heterocycles. The van der Waals surface area contributed by atoms with Crippen molar-refractivity contribution in [3.8, 4) is 5.75 Å². The van der Waals surface area contributed by atoms with Crippen LogP contribution in [0.3, 0.4) is 0 Å². The van der Waals surface area contributed by atoms with Gasteiger partial charge < -0.3 is 14.6 Å². The smallest absolute Gasteiger partial charge is 0.115 e. The van der Waals surface area contributed by atoms with E-state index in [2.05, 4.69) is 11.8 Å². The Bertz CT molecular complexity index is 336. The predicted molar refractivity (Wildman–Crippen MR) is 71.8 cm³/mol. The highest BCUT2D eigenvalue weighted by atomic mass is 16.5. The second kappa shape index (κ2) is 8.08. The third kappa shape index (κ3) is 4.64. The van der Waals surface area contributed by atoms with Crippen molar-refractivity contribution in [1.29, 1.82) is 0 Å². The zero-order chi connectivity index (χ0) is 13.4. The minimum absolute atomic E-state index is 0.224. The number of phenolic OH excluding ortho intramolecular Hbond substituents is 1. The van der Waals surface area contributed by atoms with Crippen molar-refractivity contribution in [2.75, 3.05) is 40.5 Å². The quantitative estimate of drug-likeness (QED) is 0.770. The number of ether oxygens (including phenoxy) is 2. The minimum atomic E-state index is 0.224. The fourth-order valence-corrected chi connectivity index (χ4v) is 1.91. The number of phenols is 1. The van der Waals surface area contributed by atoms with Gasteiger partial charge in [-0.3, -0.25) is 4.90 Å². The molecular weight excluding hydrogens is 230 g/mol. The zero-order valence-electron chi connectivity index (χ0n) is 11.4. The Kier molecular flexibility index (Phi) is 6.72. The summed E-state index contributed by atoms with van der Waals surface area (Å²) in [5.41, 5.74) is 1.10. The van der Waals surface area contributed by atoms with Crippen LogP contribution in [0.5, 0.6) is 5.75 Å². The van der Waals surface area contributed by atoms with E-state index < -0.39 is 0 Å². The van der Waals surface area contributed by atoms with E-state index in [9.17, 15) is 5.11 Å². The van der Waals surface area contributed by atoms with Crippen molar-refractivity contribution in [2.45, 2.75) is 13.0 Å². The molecular formula is C14H23NO3. The first-order valence-electron chi connectivity index (χ1n) is 6.20. The van der Waals surface area contributed by atoms with Crippen LogP contribution in [0.2, 0.25) is 0 Å². The van der Waals surface area contributed by atoms with E-state index in [0.29, 0.717) is 19.0 Å². The monoisotopic (exact) mass is 253 g/mol. The molecule has 18 heavy (non-hydrogen) atoms. The van der Waals surface area contributed by atoms with Gasteiger partial charge in [0.05, 0.1) is 13.2 Å². The Morgan fingerprint density at radius 3 is 2.28 bits per heavy atom. The zero-order valence-corrected chi connectivity index (χ0v) is 11.4. The molecule has 0 fully saturated rings. The van der Waals surface area contributed by atoms with Crippen molar-refractivity contribution in [2.24, 2.45) is 0 Å². The Balaban J connectivity index is 2.70. The summed E-state index contributed by atoms with van der Waals surface area (Å²) in [6, 6.07) is 7.60. The van der Waals surface area contributed by atoms with Crippen LogP contribution in [0.4, 0.5) is 0 Å². The normalized spacial score (nSPS) is 12.9. The van der Waals surface area contributed by atoms with E-state index in [0.717, 1.165) is 18.7 Å². The third-order valence-electron chi connectivity index (χ3n) is 3.07. The highest BCUT2D eigenvalue weighted by Crippen LogP contribution is 2.22. The molecule has 0 saturated heterocycles. The van der Waals surface area contributed by atoms with Crippen LogP contribution in [0.15, 0.2) is 24.3 Å². The first kappa shape index (κ1) is 15.0. The average Bonchev–Trinajstić information content (AvgIpc) is 2.38. The molecule has 0 aliphatic rings. The summed E-state index contributed by atoms with van der Waals surface area (Å²) < 4.78 is 10.3. The molecule has 0 amide bonds. The molecule has 0 spiro atoms. The summed E-state index contributed by atoms with van der Waals surface area (Å²) >= 11 is 0. The predicted octanol–water partition coefficient (Wildman–Crippen LogP) is 2.05. The minimum Gasteiger partial charge on any atom is -0.508 e. The second-order valence-electron chi connectivity index (χ2n) is 4.29. The van der Waals surface area contributed by atoms with Crippen molar-refractivity contribution in [3.05, 3.63) is 29.8 Å².